The minimum Gasteiger partial charge on any atom is -0.396 e. The molecule has 0 bridgehead atoms. The molecule has 0 spiro atoms. The molecule has 1 saturated heterocycles. The predicted molar refractivity (Wildman–Crippen MR) is 101 cm³/mol. The second-order valence-electron chi connectivity index (χ2n) is 7.34. The van der Waals surface area contributed by atoms with E-state index in [0.717, 1.165) is 28.6 Å². The van der Waals surface area contributed by atoms with Crippen LogP contribution >= 0.6 is 22.9 Å². The quantitative estimate of drug-likeness (QED) is 0.819. The van der Waals surface area contributed by atoms with E-state index in [4.69, 9.17) is 16.6 Å². The second kappa shape index (κ2) is 7.31. The van der Waals surface area contributed by atoms with Crippen molar-refractivity contribution in [1.82, 2.24) is 15.3 Å². The zero-order valence-corrected chi connectivity index (χ0v) is 16.0. The summed E-state index contributed by atoms with van der Waals surface area (Å²) in [6.45, 7) is 2.39. The number of nitrogens with zero attached hydrogens (tertiary/aromatic N) is 2. The molecule has 0 aromatic carbocycles. The zero-order chi connectivity index (χ0) is 17.4. The number of thiophene rings is 1. The van der Waals surface area contributed by atoms with E-state index in [1.54, 1.807) is 11.3 Å². The Morgan fingerprint density at radius 2 is 1.96 bits per heavy atom. The first-order valence-electron chi connectivity index (χ1n) is 9.11. The van der Waals surface area contributed by atoms with Crippen LogP contribution in [0.3, 0.4) is 0 Å². The normalized spacial score (nSPS) is 26.8. The molecule has 3 heterocycles. The van der Waals surface area contributed by atoms with Crippen molar-refractivity contribution in [3.8, 4) is 0 Å². The minimum absolute atomic E-state index is 0.165. The third-order valence-electron chi connectivity index (χ3n) is 5.25. The first-order valence-corrected chi connectivity index (χ1v) is 10.3. The smallest absolute Gasteiger partial charge is 0.0934 e. The molecule has 1 aliphatic carbocycles. The van der Waals surface area contributed by atoms with Crippen LogP contribution in [0.5, 0.6) is 0 Å². The van der Waals surface area contributed by atoms with Gasteiger partial charge in [0.25, 0.3) is 0 Å². The van der Waals surface area contributed by atoms with Crippen molar-refractivity contribution in [1.29, 1.82) is 0 Å². The fourth-order valence-corrected chi connectivity index (χ4v) is 5.34. The van der Waals surface area contributed by atoms with Gasteiger partial charge in [-0.1, -0.05) is 11.6 Å². The van der Waals surface area contributed by atoms with Crippen molar-refractivity contribution in [2.45, 2.75) is 62.9 Å². The molecule has 2 aromatic heterocycles. The van der Waals surface area contributed by atoms with Gasteiger partial charge in [0.2, 0.25) is 0 Å². The molecule has 25 heavy (non-hydrogen) atoms. The fourth-order valence-electron chi connectivity index (χ4n) is 3.89. The van der Waals surface area contributed by atoms with E-state index in [2.05, 4.69) is 17.2 Å². The number of halogens is 1. The van der Waals surface area contributed by atoms with Crippen molar-refractivity contribution in [2.24, 2.45) is 0 Å². The lowest BCUT2D eigenvalue weighted by molar-refractivity contribution is 0.293. The van der Waals surface area contributed by atoms with E-state index in [-0.39, 0.29) is 12.6 Å². The van der Waals surface area contributed by atoms with E-state index in [1.807, 2.05) is 18.5 Å². The summed E-state index contributed by atoms with van der Waals surface area (Å²) in [6, 6.07) is 2.65. The van der Waals surface area contributed by atoms with Crippen molar-refractivity contribution in [2.75, 3.05) is 6.61 Å². The van der Waals surface area contributed by atoms with Crippen LogP contribution in [0.1, 0.15) is 72.3 Å². The van der Waals surface area contributed by atoms with Crippen LogP contribution in [0.4, 0.5) is 0 Å². The lowest BCUT2D eigenvalue weighted by atomic mass is 9.84. The Morgan fingerprint density at radius 3 is 2.64 bits per heavy atom. The van der Waals surface area contributed by atoms with Gasteiger partial charge in [0, 0.05) is 29.6 Å². The Bertz CT molecular complexity index is 729. The lowest BCUT2D eigenvalue weighted by Crippen LogP contribution is -2.38. The van der Waals surface area contributed by atoms with Gasteiger partial charge in [-0.05, 0) is 56.6 Å². The second-order valence-corrected chi connectivity index (χ2v) is 9.06. The van der Waals surface area contributed by atoms with Crippen LogP contribution in [0.15, 0.2) is 18.5 Å². The SMILES string of the molecule is CC1CC(c2sc(Cl)cc2CCO)CC(c2cnc(C3CC3)cn2)N1. The highest BCUT2D eigenvalue weighted by atomic mass is 35.5. The molecule has 1 saturated carbocycles. The number of aromatic nitrogens is 2. The minimum atomic E-state index is 0.165. The van der Waals surface area contributed by atoms with Crippen molar-refractivity contribution < 1.29 is 5.11 Å². The standard InChI is InChI=1S/C19H24ClN3OS/c1-11-6-14(19-13(4-5-24)8-18(20)25-19)7-15(23-11)17-10-21-16(9-22-17)12-2-3-12/h8-12,14-15,23-24H,2-7H2,1H3. The van der Waals surface area contributed by atoms with Gasteiger partial charge in [-0.3, -0.25) is 9.97 Å². The largest absolute Gasteiger partial charge is 0.396 e. The molecule has 4 nitrogen and oxygen atoms in total. The third-order valence-corrected chi connectivity index (χ3v) is 6.72. The maximum Gasteiger partial charge on any atom is 0.0934 e. The maximum atomic E-state index is 9.34. The van der Waals surface area contributed by atoms with E-state index in [9.17, 15) is 5.11 Å². The van der Waals surface area contributed by atoms with E-state index < -0.39 is 0 Å². The molecule has 3 unspecified atom stereocenters. The summed E-state index contributed by atoms with van der Waals surface area (Å²) < 4.78 is 0.815. The van der Waals surface area contributed by atoms with Crippen LogP contribution in [0, 0.1) is 0 Å². The van der Waals surface area contributed by atoms with E-state index >= 15 is 0 Å². The molecule has 3 atom stereocenters. The van der Waals surface area contributed by atoms with Crippen LogP contribution in [-0.4, -0.2) is 27.7 Å². The van der Waals surface area contributed by atoms with Gasteiger partial charge in [0.15, 0.2) is 0 Å². The van der Waals surface area contributed by atoms with Gasteiger partial charge >= 0.3 is 0 Å². The average Bonchev–Trinajstić information content (AvgIpc) is 3.38. The van der Waals surface area contributed by atoms with E-state index in [0.29, 0.717) is 24.3 Å². The number of hydrogen-bond donors (Lipinski definition) is 2. The van der Waals surface area contributed by atoms with Crippen LogP contribution in [0.25, 0.3) is 0 Å². The number of aliphatic hydroxyl groups is 1. The Hall–Kier alpha value is -1.01. The molecule has 2 N–H and O–H groups in total. The van der Waals surface area contributed by atoms with Gasteiger partial charge in [0.1, 0.15) is 0 Å². The molecule has 4 rings (SSSR count). The number of nitrogens with one attached hydrogen (secondary N) is 1. The summed E-state index contributed by atoms with van der Waals surface area (Å²) >= 11 is 7.93. The van der Waals surface area contributed by atoms with Crippen molar-refractivity contribution in [3.63, 3.8) is 0 Å². The molecular weight excluding hydrogens is 354 g/mol. The van der Waals surface area contributed by atoms with Crippen LogP contribution in [-0.2, 0) is 6.42 Å². The van der Waals surface area contributed by atoms with Crippen LogP contribution in [0.2, 0.25) is 4.34 Å². The number of piperidine rings is 1. The first kappa shape index (κ1) is 17.4. The molecule has 134 valence electrons. The third kappa shape index (κ3) is 3.90. The molecule has 0 amide bonds. The van der Waals surface area contributed by atoms with Gasteiger partial charge in [-0.2, -0.15) is 0 Å². The highest BCUT2D eigenvalue weighted by Crippen LogP contribution is 2.43. The van der Waals surface area contributed by atoms with Crippen molar-refractivity contribution in [3.05, 3.63) is 44.6 Å². The fraction of sp³-hybridized carbons (Fsp3) is 0.579. The lowest BCUT2D eigenvalue weighted by Gasteiger charge is -2.34. The maximum absolute atomic E-state index is 9.34. The molecular formula is C19H24ClN3OS. The predicted octanol–water partition coefficient (Wildman–Crippen LogP) is 4.20. The summed E-state index contributed by atoms with van der Waals surface area (Å²) in [5, 5.41) is 13.0. The summed E-state index contributed by atoms with van der Waals surface area (Å²) in [6.07, 6.45) is 9.18. The van der Waals surface area contributed by atoms with Crippen molar-refractivity contribution >= 4 is 22.9 Å². The molecule has 2 aromatic rings. The summed E-state index contributed by atoms with van der Waals surface area (Å²) in [4.78, 5) is 10.7. The number of hydrogen-bond acceptors (Lipinski definition) is 5. The van der Waals surface area contributed by atoms with Crippen LogP contribution < -0.4 is 5.32 Å². The highest BCUT2D eigenvalue weighted by molar-refractivity contribution is 7.16. The monoisotopic (exact) mass is 377 g/mol. The Balaban J connectivity index is 1.54. The molecule has 2 fully saturated rings. The molecule has 2 aliphatic rings. The highest BCUT2D eigenvalue weighted by Gasteiger charge is 2.32. The summed E-state index contributed by atoms with van der Waals surface area (Å²) in [5.74, 6) is 1.09. The molecule has 6 heteroatoms. The number of aliphatic hydroxyl groups excluding tert-OH is 1. The van der Waals surface area contributed by atoms with Gasteiger partial charge < -0.3 is 10.4 Å². The average molecular weight is 378 g/mol. The summed E-state index contributed by atoms with van der Waals surface area (Å²) in [5.41, 5.74) is 3.37. The topological polar surface area (TPSA) is 58.0 Å². The summed E-state index contributed by atoms with van der Waals surface area (Å²) in [7, 11) is 0. The van der Waals surface area contributed by atoms with Gasteiger partial charge in [-0.25, -0.2) is 0 Å². The Labute approximate surface area is 157 Å². The van der Waals surface area contributed by atoms with Gasteiger partial charge in [-0.15, -0.1) is 11.3 Å². The Kier molecular flexibility index (Phi) is 5.09. The van der Waals surface area contributed by atoms with Gasteiger partial charge in [0.05, 0.1) is 28.0 Å². The van der Waals surface area contributed by atoms with E-state index in [1.165, 1.54) is 23.3 Å². The first-order chi connectivity index (χ1) is 12.1. The molecule has 1 aliphatic heterocycles. The molecule has 0 radical (unpaired) electrons. The Morgan fingerprint density at radius 1 is 1.20 bits per heavy atom. The number of rotatable bonds is 5. The zero-order valence-electron chi connectivity index (χ0n) is 14.4.